The standard InChI is InChI=1S/C17H25N3O/c21-17-14-18-13-16(17)20-11-9-19(10-12-20)8-4-7-15-5-2-1-3-6-15/h1-7,16-18,21H,8-14H2/t16?,17-/m1/s1. The largest absolute Gasteiger partial charge is 0.390 e. The number of hydrogen-bond acceptors (Lipinski definition) is 4. The van der Waals surface area contributed by atoms with Crippen LogP contribution >= 0.6 is 0 Å². The number of benzene rings is 1. The number of hydrogen-bond donors (Lipinski definition) is 2. The van der Waals surface area contributed by atoms with Gasteiger partial charge < -0.3 is 10.4 Å². The van der Waals surface area contributed by atoms with Crippen molar-refractivity contribution < 1.29 is 5.11 Å². The third kappa shape index (κ3) is 3.92. The van der Waals surface area contributed by atoms with Crippen molar-refractivity contribution in [3.63, 3.8) is 0 Å². The average Bonchev–Trinajstić information content (AvgIpc) is 2.95. The molecule has 2 atom stereocenters. The summed E-state index contributed by atoms with van der Waals surface area (Å²) in [4.78, 5) is 4.91. The summed E-state index contributed by atoms with van der Waals surface area (Å²) < 4.78 is 0. The summed E-state index contributed by atoms with van der Waals surface area (Å²) in [6.45, 7) is 6.96. The Labute approximate surface area is 127 Å². The fraction of sp³-hybridized carbons (Fsp3) is 0.529. The molecule has 0 aliphatic carbocycles. The molecule has 4 nitrogen and oxygen atoms in total. The molecule has 4 heteroatoms. The van der Waals surface area contributed by atoms with Crippen LogP contribution in [0.3, 0.4) is 0 Å². The fourth-order valence-electron chi connectivity index (χ4n) is 3.20. The van der Waals surface area contributed by atoms with Gasteiger partial charge in [-0.2, -0.15) is 0 Å². The summed E-state index contributed by atoms with van der Waals surface area (Å²) in [5.41, 5.74) is 1.26. The van der Waals surface area contributed by atoms with Crippen molar-refractivity contribution in [1.29, 1.82) is 0 Å². The zero-order chi connectivity index (χ0) is 14.5. The lowest BCUT2D eigenvalue weighted by Gasteiger charge is -2.38. The van der Waals surface area contributed by atoms with E-state index in [-0.39, 0.29) is 6.10 Å². The molecule has 0 aromatic heterocycles. The van der Waals surface area contributed by atoms with Crippen LogP contribution in [0.15, 0.2) is 36.4 Å². The normalized spacial score (nSPS) is 28.4. The molecular formula is C17H25N3O. The SMILES string of the molecule is O[C@@H]1CNCC1N1CCN(CC=Cc2ccccc2)CC1. The van der Waals surface area contributed by atoms with E-state index in [1.807, 2.05) is 6.07 Å². The molecule has 0 amide bonds. The number of aliphatic hydroxyl groups excluding tert-OH is 1. The third-order valence-electron chi connectivity index (χ3n) is 4.50. The van der Waals surface area contributed by atoms with Gasteiger partial charge in [-0.25, -0.2) is 0 Å². The van der Waals surface area contributed by atoms with Gasteiger partial charge in [-0.3, -0.25) is 9.80 Å². The van der Waals surface area contributed by atoms with Crippen molar-refractivity contribution in [3.8, 4) is 0 Å². The van der Waals surface area contributed by atoms with Crippen LogP contribution < -0.4 is 5.32 Å². The van der Waals surface area contributed by atoms with Gasteiger partial charge in [0.1, 0.15) is 0 Å². The molecule has 1 aromatic carbocycles. The second kappa shape index (κ2) is 7.18. The highest BCUT2D eigenvalue weighted by atomic mass is 16.3. The Kier molecular flexibility index (Phi) is 5.04. The monoisotopic (exact) mass is 287 g/mol. The Morgan fingerprint density at radius 2 is 1.86 bits per heavy atom. The van der Waals surface area contributed by atoms with E-state index >= 15 is 0 Å². The minimum Gasteiger partial charge on any atom is -0.390 e. The van der Waals surface area contributed by atoms with Crippen molar-refractivity contribution in [3.05, 3.63) is 42.0 Å². The van der Waals surface area contributed by atoms with Crippen LogP contribution in [-0.4, -0.2) is 72.9 Å². The Bertz CT molecular complexity index is 454. The first kappa shape index (κ1) is 14.7. The summed E-state index contributed by atoms with van der Waals surface area (Å²) in [5, 5.41) is 13.2. The minimum atomic E-state index is -0.200. The summed E-state index contributed by atoms with van der Waals surface area (Å²) in [6.07, 6.45) is 4.24. The van der Waals surface area contributed by atoms with E-state index in [1.54, 1.807) is 0 Å². The van der Waals surface area contributed by atoms with Crippen molar-refractivity contribution in [2.24, 2.45) is 0 Å². The molecule has 114 valence electrons. The van der Waals surface area contributed by atoms with Crippen molar-refractivity contribution in [1.82, 2.24) is 15.1 Å². The molecule has 2 aliphatic rings. The molecule has 0 spiro atoms. The second-order valence-electron chi connectivity index (χ2n) is 5.94. The summed E-state index contributed by atoms with van der Waals surface area (Å²) in [6, 6.07) is 10.8. The quantitative estimate of drug-likeness (QED) is 0.853. The summed E-state index contributed by atoms with van der Waals surface area (Å²) in [7, 11) is 0. The maximum atomic E-state index is 9.95. The number of β-amino-alcohol motifs (C(OH)–C–C–N with tert-alkyl or cyclic N) is 1. The molecule has 0 saturated carbocycles. The highest BCUT2D eigenvalue weighted by Crippen LogP contribution is 2.12. The lowest BCUT2D eigenvalue weighted by atomic mass is 10.1. The van der Waals surface area contributed by atoms with Gasteiger partial charge in [0, 0.05) is 51.9 Å². The Hall–Kier alpha value is -1.20. The predicted octanol–water partition coefficient (Wildman–Crippen LogP) is 0.650. The lowest BCUT2D eigenvalue weighted by Crippen LogP contribution is -2.53. The molecule has 0 radical (unpaired) electrons. The highest BCUT2D eigenvalue weighted by Gasteiger charge is 2.32. The topological polar surface area (TPSA) is 38.7 Å². The molecule has 3 rings (SSSR count). The van der Waals surface area contributed by atoms with Crippen molar-refractivity contribution >= 4 is 6.08 Å². The molecule has 2 fully saturated rings. The molecule has 1 aromatic rings. The van der Waals surface area contributed by atoms with Gasteiger partial charge in [-0.15, -0.1) is 0 Å². The number of piperazine rings is 1. The summed E-state index contributed by atoms with van der Waals surface area (Å²) in [5.74, 6) is 0. The van der Waals surface area contributed by atoms with Crippen molar-refractivity contribution in [2.75, 3.05) is 45.8 Å². The van der Waals surface area contributed by atoms with Crippen molar-refractivity contribution in [2.45, 2.75) is 12.1 Å². The van der Waals surface area contributed by atoms with Crippen LogP contribution in [0.5, 0.6) is 0 Å². The van der Waals surface area contributed by atoms with E-state index in [0.29, 0.717) is 6.04 Å². The van der Waals surface area contributed by atoms with Crippen LogP contribution in [0.2, 0.25) is 0 Å². The smallest absolute Gasteiger partial charge is 0.0831 e. The van der Waals surface area contributed by atoms with Gasteiger partial charge in [-0.05, 0) is 5.56 Å². The zero-order valence-electron chi connectivity index (χ0n) is 12.5. The first-order valence-electron chi connectivity index (χ1n) is 7.90. The minimum absolute atomic E-state index is 0.200. The van der Waals surface area contributed by atoms with E-state index in [2.05, 4.69) is 51.5 Å². The number of nitrogens with one attached hydrogen (secondary N) is 1. The first-order valence-corrected chi connectivity index (χ1v) is 7.90. The van der Waals surface area contributed by atoms with Gasteiger partial charge in [0.05, 0.1) is 6.10 Å². The molecule has 2 N–H and O–H groups in total. The van der Waals surface area contributed by atoms with E-state index in [1.165, 1.54) is 5.56 Å². The predicted molar refractivity (Wildman–Crippen MR) is 86.2 cm³/mol. The average molecular weight is 287 g/mol. The number of aliphatic hydroxyl groups is 1. The van der Waals surface area contributed by atoms with E-state index < -0.39 is 0 Å². The van der Waals surface area contributed by atoms with E-state index in [4.69, 9.17) is 0 Å². The first-order chi connectivity index (χ1) is 10.3. The third-order valence-corrected chi connectivity index (χ3v) is 4.50. The van der Waals surface area contributed by atoms with Gasteiger partial charge in [-0.1, -0.05) is 42.5 Å². The van der Waals surface area contributed by atoms with E-state index in [0.717, 1.165) is 45.8 Å². The highest BCUT2D eigenvalue weighted by molar-refractivity contribution is 5.48. The van der Waals surface area contributed by atoms with Gasteiger partial charge in [0.25, 0.3) is 0 Å². The Morgan fingerprint density at radius 3 is 2.52 bits per heavy atom. The van der Waals surface area contributed by atoms with Crippen LogP contribution in [-0.2, 0) is 0 Å². The molecule has 21 heavy (non-hydrogen) atoms. The maximum absolute atomic E-state index is 9.95. The fourth-order valence-corrected chi connectivity index (χ4v) is 3.20. The molecule has 0 bridgehead atoms. The molecule has 1 unspecified atom stereocenters. The molecule has 2 heterocycles. The van der Waals surface area contributed by atoms with Crippen LogP contribution in [0, 0.1) is 0 Å². The number of rotatable bonds is 4. The second-order valence-corrected chi connectivity index (χ2v) is 5.94. The van der Waals surface area contributed by atoms with Gasteiger partial charge in [0.15, 0.2) is 0 Å². The molecular weight excluding hydrogens is 262 g/mol. The number of nitrogens with zero attached hydrogens (tertiary/aromatic N) is 2. The van der Waals surface area contributed by atoms with Gasteiger partial charge >= 0.3 is 0 Å². The zero-order valence-corrected chi connectivity index (χ0v) is 12.5. The van der Waals surface area contributed by atoms with Crippen LogP contribution in [0.4, 0.5) is 0 Å². The van der Waals surface area contributed by atoms with E-state index in [9.17, 15) is 5.11 Å². The molecule has 2 aliphatic heterocycles. The Morgan fingerprint density at radius 1 is 1.10 bits per heavy atom. The van der Waals surface area contributed by atoms with Crippen LogP contribution in [0.25, 0.3) is 6.08 Å². The Balaban J connectivity index is 1.43. The maximum Gasteiger partial charge on any atom is 0.0831 e. The summed E-state index contributed by atoms with van der Waals surface area (Å²) >= 11 is 0. The molecule has 2 saturated heterocycles. The van der Waals surface area contributed by atoms with Crippen LogP contribution in [0.1, 0.15) is 5.56 Å². The van der Waals surface area contributed by atoms with Gasteiger partial charge in [0.2, 0.25) is 0 Å². The lowest BCUT2D eigenvalue weighted by molar-refractivity contribution is 0.0476.